The molecule has 0 fully saturated rings. The maximum Gasteiger partial charge on any atom is 0.227 e. The number of para-hydroxylation sites is 2. The van der Waals surface area contributed by atoms with Crippen molar-refractivity contribution in [3.05, 3.63) is 120 Å². The van der Waals surface area contributed by atoms with E-state index in [1.54, 1.807) is 0 Å². The van der Waals surface area contributed by atoms with Crippen molar-refractivity contribution >= 4 is 33.6 Å². The molecule has 2 aliphatic rings. The fourth-order valence-electron chi connectivity index (χ4n) is 5.96. The van der Waals surface area contributed by atoms with Gasteiger partial charge in [0.25, 0.3) is 0 Å². The highest BCUT2D eigenvalue weighted by molar-refractivity contribution is 5.91. The molecule has 214 valence electrons. The zero-order valence-corrected chi connectivity index (χ0v) is 23.6. The van der Waals surface area contributed by atoms with E-state index in [1.165, 1.54) is 0 Å². The maximum absolute atomic E-state index is 6.23. The number of hydrogen-bond acceptors (Lipinski definition) is 8. The normalized spacial score (nSPS) is 14.3. The van der Waals surface area contributed by atoms with Gasteiger partial charge in [0.15, 0.2) is 24.6 Å². The van der Waals surface area contributed by atoms with E-state index in [0.29, 0.717) is 36.4 Å². The van der Waals surface area contributed by atoms with Crippen LogP contribution in [0, 0.1) is 0 Å². The fourth-order valence-corrected chi connectivity index (χ4v) is 5.96. The first-order chi connectivity index (χ1) is 21.7. The summed E-state index contributed by atoms with van der Waals surface area (Å²) in [5.74, 6) is 2.86. The Bertz CT molecular complexity index is 1950. The maximum atomic E-state index is 6.23. The van der Waals surface area contributed by atoms with E-state index in [-0.39, 0.29) is 0 Å². The number of nitrogens with zero attached hydrogens (tertiary/aromatic N) is 4. The second kappa shape index (κ2) is 9.91. The van der Waals surface area contributed by atoms with Crippen molar-refractivity contribution in [1.29, 1.82) is 0 Å². The quantitative estimate of drug-likeness (QED) is 0.208. The molecule has 0 saturated carbocycles. The minimum atomic E-state index is 0.513. The monoisotopic (exact) mass is 578 g/mol. The van der Waals surface area contributed by atoms with E-state index < -0.39 is 0 Å². The van der Waals surface area contributed by atoms with Crippen molar-refractivity contribution in [3.63, 3.8) is 0 Å². The summed E-state index contributed by atoms with van der Waals surface area (Å²) in [6.07, 6.45) is 0. The average Bonchev–Trinajstić information content (AvgIpc) is 3.70. The zero-order chi connectivity index (χ0) is 29.0. The summed E-state index contributed by atoms with van der Waals surface area (Å²) in [4.78, 5) is 14.0. The standard InChI is InChI=1S/C36H26N4O4/c1-3-7-27(8-4-1)39-19-25-15-23(11-13-31(25)41-21-39)35-37-29-17-30-34(18-33(29)43-35)44-36(38-30)24-12-14-32-26(16-24)20-40(22-42-32)28-9-5-2-6-10-28/h1-18H,19-22H2. The van der Waals surface area contributed by atoms with Gasteiger partial charge in [-0.25, -0.2) is 9.97 Å². The molecule has 0 aliphatic carbocycles. The van der Waals surface area contributed by atoms with E-state index >= 15 is 0 Å². The van der Waals surface area contributed by atoms with Gasteiger partial charge in [0.2, 0.25) is 11.8 Å². The topological polar surface area (TPSA) is 77.0 Å². The third-order valence-corrected chi connectivity index (χ3v) is 8.23. The predicted molar refractivity (Wildman–Crippen MR) is 169 cm³/mol. The molecular weight excluding hydrogens is 552 g/mol. The molecular formula is C36H26N4O4. The van der Waals surface area contributed by atoms with Crippen LogP contribution in [0.25, 0.3) is 45.1 Å². The van der Waals surface area contributed by atoms with Crippen molar-refractivity contribution in [3.8, 4) is 34.4 Å². The molecule has 0 radical (unpaired) electrons. The number of ether oxygens (including phenoxy) is 2. The highest BCUT2D eigenvalue weighted by Gasteiger charge is 2.22. The third-order valence-electron chi connectivity index (χ3n) is 8.23. The van der Waals surface area contributed by atoms with E-state index in [4.69, 9.17) is 28.3 Å². The van der Waals surface area contributed by atoms with Crippen molar-refractivity contribution in [2.24, 2.45) is 0 Å². The van der Waals surface area contributed by atoms with Crippen molar-refractivity contribution < 1.29 is 18.3 Å². The van der Waals surface area contributed by atoms with E-state index in [0.717, 1.165) is 69.3 Å². The number of oxazole rings is 2. The van der Waals surface area contributed by atoms with Crippen LogP contribution in [-0.4, -0.2) is 23.4 Å². The molecule has 0 unspecified atom stereocenters. The van der Waals surface area contributed by atoms with Crippen LogP contribution in [0.15, 0.2) is 118 Å². The van der Waals surface area contributed by atoms with Crippen LogP contribution in [0.4, 0.5) is 11.4 Å². The van der Waals surface area contributed by atoms with Gasteiger partial charge < -0.3 is 28.1 Å². The van der Waals surface area contributed by atoms with E-state index in [2.05, 4.69) is 46.2 Å². The Morgan fingerprint density at radius 1 is 0.500 bits per heavy atom. The zero-order valence-electron chi connectivity index (χ0n) is 23.6. The van der Waals surface area contributed by atoms with Gasteiger partial charge in [-0.15, -0.1) is 0 Å². The SMILES string of the molecule is c1ccc(N2COc3ccc(-c4nc5cc6nc(-c7ccc8c(c7)CN(c7ccccc7)CO8)oc6cc5o4)cc3C2)cc1. The highest BCUT2D eigenvalue weighted by atomic mass is 16.5. The van der Waals surface area contributed by atoms with Gasteiger partial charge in [-0.1, -0.05) is 36.4 Å². The summed E-state index contributed by atoms with van der Waals surface area (Å²) < 4.78 is 24.5. The van der Waals surface area contributed by atoms with Crippen molar-refractivity contribution in [2.75, 3.05) is 23.3 Å². The lowest BCUT2D eigenvalue weighted by atomic mass is 10.1. The number of rotatable bonds is 4. The second-order valence-corrected chi connectivity index (χ2v) is 11.1. The lowest BCUT2D eigenvalue weighted by Crippen LogP contribution is -2.31. The Hall–Kier alpha value is -5.76. The Morgan fingerprint density at radius 2 is 0.977 bits per heavy atom. The van der Waals surface area contributed by atoms with Crippen LogP contribution < -0.4 is 19.3 Å². The molecule has 7 aromatic rings. The summed E-state index contributed by atoms with van der Waals surface area (Å²) in [6, 6.07) is 36.5. The van der Waals surface area contributed by atoms with Gasteiger partial charge in [-0.05, 0) is 66.7 Å². The van der Waals surface area contributed by atoms with Gasteiger partial charge in [-0.2, -0.15) is 0 Å². The molecule has 0 amide bonds. The predicted octanol–water partition coefficient (Wildman–Crippen LogP) is 8.02. The summed E-state index contributed by atoms with van der Waals surface area (Å²) in [6.45, 7) is 2.51. The summed E-state index contributed by atoms with van der Waals surface area (Å²) in [5, 5.41) is 0. The molecule has 4 heterocycles. The van der Waals surface area contributed by atoms with Crippen LogP contribution in [0.5, 0.6) is 11.5 Å². The number of anilines is 2. The van der Waals surface area contributed by atoms with Crippen LogP contribution in [0.1, 0.15) is 11.1 Å². The molecule has 0 N–H and O–H groups in total. The first-order valence-electron chi connectivity index (χ1n) is 14.6. The Kier molecular flexibility index (Phi) is 5.59. The molecule has 0 spiro atoms. The van der Waals surface area contributed by atoms with Crippen LogP contribution >= 0.6 is 0 Å². The van der Waals surface area contributed by atoms with Crippen LogP contribution in [0.2, 0.25) is 0 Å². The van der Waals surface area contributed by atoms with Gasteiger partial charge in [0, 0.05) is 52.8 Å². The van der Waals surface area contributed by atoms with E-state index in [1.807, 2.05) is 72.8 Å². The first-order valence-corrected chi connectivity index (χ1v) is 14.6. The van der Waals surface area contributed by atoms with Crippen molar-refractivity contribution in [2.45, 2.75) is 13.1 Å². The lowest BCUT2D eigenvalue weighted by molar-refractivity contribution is 0.289. The number of benzene rings is 5. The van der Waals surface area contributed by atoms with Crippen molar-refractivity contribution in [1.82, 2.24) is 9.97 Å². The average molecular weight is 579 g/mol. The molecule has 2 aromatic heterocycles. The lowest BCUT2D eigenvalue weighted by Gasteiger charge is -2.30. The minimum absolute atomic E-state index is 0.513. The van der Waals surface area contributed by atoms with Gasteiger partial charge in [0.05, 0.1) is 0 Å². The number of aromatic nitrogens is 2. The molecule has 9 rings (SSSR count). The fraction of sp³-hybridized carbons (Fsp3) is 0.111. The minimum Gasteiger partial charge on any atom is -0.473 e. The van der Waals surface area contributed by atoms with E-state index in [9.17, 15) is 0 Å². The molecule has 8 nitrogen and oxygen atoms in total. The van der Waals surface area contributed by atoms with Crippen LogP contribution in [-0.2, 0) is 13.1 Å². The van der Waals surface area contributed by atoms with Gasteiger partial charge in [-0.3, -0.25) is 0 Å². The molecule has 0 atom stereocenters. The smallest absolute Gasteiger partial charge is 0.227 e. The van der Waals surface area contributed by atoms with Gasteiger partial charge in [0.1, 0.15) is 22.5 Å². The molecule has 5 aromatic carbocycles. The summed E-state index contributed by atoms with van der Waals surface area (Å²) in [7, 11) is 0. The molecule has 8 heteroatoms. The number of hydrogen-bond donors (Lipinski definition) is 0. The largest absolute Gasteiger partial charge is 0.473 e. The Labute approximate surface area is 252 Å². The molecule has 0 bridgehead atoms. The highest BCUT2D eigenvalue weighted by Crippen LogP contribution is 2.36. The molecule has 2 aliphatic heterocycles. The molecule has 0 saturated heterocycles. The Balaban J connectivity index is 0.996. The molecule has 44 heavy (non-hydrogen) atoms. The Morgan fingerprint density at radius 3 is 1.45 bits per heavy atom. The van der Waals surface area contributed by atoms with Gasteiger partial charge >= 0.3 is 0 Å². The summed E-state index contributed by atoms with van der Waals surface area (Å²) >= 11 is 0. The number of fused-ring (bicyclic) bond motifs is 4. The van der Waals surface area contributed by atoms with Crippen LogP contribution in [0.3, 0.4) is 0 Å². The second-order valence-electron chi connectivity index (χ2n) is 11.1. The summed E-state index contributed by atoms with van der Waals surface area (Å²) in [5.41, 5.74) is 8.95. The third kappa shape index (κ3) is 4.31. The first kappa shape index (κ1) is 24.8.